The van der Waals surface area contributed by atoms with E-state index >= 15 is 0 Å². The number of rotatable bonds is 3. The summed E-state index contributed by atoms with van der Waals surface area (Å²) in [6, 6.07) is 4.96. The van der Waals surface area contributed by atoms with Crippen LogP contribution in [0.4, 0.5) is 5.69 Å². The van der Waals surface area contributed by atoms with Gasteiger partial charge in [-0.3, -0.25) is 0 Å². The molecular weight excluding hydrogens is 238 g/mol. The van der Waals surface area contributed by atoms with Gasteiger partial charge in [0.1, 0.15) is 4.90 Å². The molecule has 0 aliphatic rings. The van der Waals surface area contributed by atoms with Crippen LogP contribution in [0, 0.1) is 0 Å². The highest BCUT2D eigenvalue weighted by Crippen LogP contribution is 2.24. The fourth-order valence-corrected chi connectivity index (χ4v) is 3.14. The number of aromatic nitrogens is 1. The first-order valence-corrected chi connectivity index (χ1v) is 6.77. The van der Waals surface area contributed by atoms with E-state index in [0.29, 0.717) is 16.6 Å². The maximum atomic E-state index is 12.0. The number of nitrogens with one attached hydrogen (secondary N) is 2. The summed E-state index contributed by atoms with van der Waals surface area (Å²) in [5.74, 6) is 0. The first-order valence-electron chi connectivity index (χ1n) is 5.29. The Morgan fingerprint density at radius 3 is 2.71 bits per heavy atom. The molecule has 1 heterocycles. The third kappa shape index (κ3) is 2.27. The number of H-pyrrole nitrogens is 1. The average molecular weight is 253 g/mol. The van der Waals surface area contributed by atoms with E-state index in [1.165, 1.54) is 6.20 Å². The van der Waals surface area contributed by atoms with Crippen molar-refractivity contribution in [1.82, 2.24) is 9.71 Å². The van der Waals surface area contributed by atoms with Gasteiger partial charge in [-0.1, -0.05) is 0 Å². The van der Waals surface area contributed by atoms with Gasteiger partial charge in [0.15, 0.2) is 0 Å². The maximum absolute atomic E-state index is 12.0. The van der Waals surface area contributed by atoms with E-state index in [-0.39, 0.29) is 10.9 Å². The lowest BCUT2D eigenvalue weighted by molar-refractivity contribution is 0.571. The van der Waals surface area contributed by atoms with Gasteiger partial charge in [0, 0.05) is 28.8 Å². The molecule has 0 fully saturated rings. The molecule has 0 radical (unpaired) electrons. The van der Waals surface area contributed by atoms with Crippen molar-refractivity contribution in [3.05, 3.63) is 24.4 Å². The zero-order valence-corrected chi connectivity index (χ0v) is 10.5. The Kier molecular flexibility index (Phi) is 2.84. The lowest BCUT2D eigenvalue weighted by atomic mass is 10.2. The Labute approximate surface area is 100 Å². The van der Waals surface area contributed by atoms with Crippen molar-refractivity contribution in [2.24, 2.45) is 0 Å². The number of hydrogen-bond donors (Lipinski definition) is 3. The van der Waals surface area contributed by atoms with Crippen LogP contribution in [0.5, 0.6) is 0 Å². The Morgan fingerprint density at radius 2 is 2.06 bits per heavy atom. The van der Waals surface area contributed by atoms with Crippen LogP contribution in [0.1, 0.15) is 13.8 Å². The van der Waals surface area contributed by atoms with E-state index < -0.39 is 10.0 Å². The summed E-state index contributed by atoms with van der Waals surface area (Å²) in [4.78, 5) is 3.16. The molecule has 0 atom stereocenters. The number of aromatic amines is 1. The summed E-state index contributed by atoms with van der Waals surface area (Å²) < 4.78 is 26.6. The highest BCUT2D eigenvalue weighted by molar-refractivity contribution is 7.89. The third-order valence-corrected chi connectivity index (χ3v) is 4.05. The van der Waals surface area contributed by atoms with Crippen molar-refractivity contribution >= 4 is 26.6 Å². The molecule has 2 aromatic rings. The normalized spacial score (nSPS) is 12.4. The van der Waals surface area contributed by atoms with E-state index in [1.54, 1.807) is 32.0 Å². The zero-order chi connectivity index (χ0) is 12.6. The van der Waals surface area contributed by atoms with Crippen LogP contribution < -0.4 is 10.5 Å². The van der Waals surface area contributed by atoms with E-state index in [0.717, 1.165) is 0 Å². The molecule has 5 nitrogen and oxygen atoms in total. The first kappa shape index (κ1) is 11.9. The molecule has 0 unspecified atom stereocenters. The second-order valence-corrected chi connectivity index (χ2v) is 5.92. The Morgan fingerprint density at radius 1 is 1.35 bits per heavy atom. The summed E-state index contributed by atoms with van der Waals surface area (Å²) in [5.41, 5.74) is 6.95. The standard InChI is InChI=1S/C11H15N3O2S/c1-7(2)14-17(15,16)11-6-13-10-5-8(12)3-4-9(10)11/h3-7,13-14H,12H2,1-2H3. The summed E-state index contributed by atoms with van der Waals surface area (Å²) in [6.45, 7) is 3.56. The van der Waals surface area contributed by atoms with E-state index in [9.17, 15) is 8.42 Å². The van der Waals surface area contributed by atoms with Crippen molar-refractivity contribution in [2.75, 3.05) is 5.73 Å². The van der Waals surface area contributed by atoms with Crippen LogP contribution in [0.15, 0.2) is 29.3 Å². The zero-order valence-electron chi connectivity index (χ0n) is 9.69. The molecule has 0 aliphatic carbocycles. The van der Waals surface area contributed by atoms with Gasteiger partial charge in [0.2, 0.25) is 10.0 Å². The SMILES string of the molecule is CC(C)NS(=O)(=O)c1c[nH]c2cc(N)ccc12. The Bertz CT molecular complexity index is 644. The minimum absolute atomic E-state index is 0.140. The van der Waals surface area contributed by atoms with Crippen LogP contribution in [-0.2, 0) is 10.0 Å². The third-order valence-electron chi connectivity index (χ3n) is 2.35. The molecule has 1 aromatic carbocycles. The highest BCUT2D eigenvalue weighted by Gasteiger charge is 2.19. The van der Waals surface area contributed by atoms with Gasteiger partial charge in [0.05, 0.1) is 0 Å². The Hall–Kier alpha value is -1.53. The topological polar surface area (TPSA) is 88.0 Å². The predicted molar refractivity (Wildman–Crippen MR) is 68.2 cm³/mol. The summed E-state index contributed by atoms with van der Waals surface area (Å²) in [6.07, 6.45) is 1.48. The number of sulfonamides is 1. The number of fused-ring (bicyclic) bond motifs is 1. The van der Waals surface area contributed by atoms with Gasteiger partial charge in [-0.2, -0.15) is 0 Å². The molecular formula is C11H15N3O2S. The van der Waals surface area contributed by atoms with Crippen LogP contribution >= 0.6 is 0 Å². The molecule has 2 rings (SSSR count). The molecule has 0 bridgehead atoms. The van der Waals surface area contributed by atoms with Crippen molar-refractivity contribution in [2.45, 2.75) is 24.8 Å². The van der Waals surface area contributed by atoms with Crippen LogP contribution in [0.3, 0.4) is 0 Å². The quantitative estimate of drug-likeness (QED) is 0.723. The monoisotopic (exact) mass is 253 g/mol. The van der Waals surface area contributed by atoms with Crippen molar-refractivity contribution in [3.63, 3.8) is 0 Å². The van der Waals surface area contributed by atoms with Gasteiger partial charge in [-0.15, -0.1) is 0 Å². The Balaban J connectivity index is 2.57. The van der Waals surface area contributed by atoms with Crippen molar-refractivity contribution in [1.29, 1.82) is 0 Å². The summed E-state index contributed by atoms with van der Waals surface area (Å²) >= 11 is 0. The van der Waals surface area contributed by atoms with Crippen LogP contribution in [0.2, 0.25) is 0 Å². The van der Waals surface area contributed by atoms with E-state index in [4.69, 9.17) is 5.73 Å². The smallest absolute Gasteiger partial charge is 0.242 e. The second kappa shape index (κ2) is 4.05. The minimum Gasteiger partial charge on any atom is -0.399 e. The fourth-order valence-electron chi connectivity index (χ4n) is 1.71. The molecule has 92 valence electrons. The van der Waals surface area contributed by atoms with E-state index in [1.807, 2.05) is 0 Å². The second-order valence-electron chi connectivity index (χ2n) is 4.23. The number of nitrogens with two attached hydrogens (primary N) is 1. The molecule has 1 aromatic heterocycles. The van der Waals surface area contributed by atoms with Gasteiger partial charge in [-0.25, -0.2) is 13.1 Å². The molecule has 4 N–H and O–H groups in total. The largest absolute Gasteiger partial charge is 0.399 e. The molecule has 0 saturated heterocycles. The predicted octanol–water partition coefficient (Wildman–Crippen LogP) is 1.44. The minimum atomic E-state index is -3.48. The maximum Gasteiger partial charge on any atom is 0.242 e. The van der Waals surface area contributed by atoms with Gasteiger partial charge >= 0.3 is 0 Å². The van der Waals surface area contributed by atoms with Crippen molar-refractivity contribution < 1.29 is 8.42 Å². The van der Waals surface area contributed by atoms with Crippen LogP contribution in [-0.4, -0.2) is 19.4 Å². The van der Waals surface area contributed by atoms with Crippen LogP contribution in [0.25, 0.3) is 10.9 Å². The lowest BCUT2D eigenvalue weighted by Crippen LogP contribution is -2.30. The van der Waals surface area contributed by atoms with Crippen molar-refractivity contribution in [3.8, 4) is 0 Å². The van der Waals surface area contributed by atoms with Gasteiger partial charge in [0.25, 0.3) is 0 Å². The molecule has 0 spiro atoms. The molecule has 0 aliphatic heterocycles. The average Bonchev–Trinajstić information content (AvgIpc) is 2.58. The fraction of sp³-hybridized carbons (Fsp3) is 0.273. The molecule has 17 heavy (non-hydrogen) atoms. The number of nitrogen functional groups attached to an aromatic ring is 1. The number of anilines is 1. The number of hydrogen-bond acceptors (Lipinski definition) is 3. The highest BCUT2D eigenvalue weighted by atomic mass is 32.2. The number of benzene rings is 1. The summed E-state index contributed by atoms with van der Waals surface area (Å²) in [5, 5.41) is 0.646. The first-order chi connectivity index (χ1) is 7.90. The van der Waals surface area contributed by atoms with E-state index in [2.05, 4.69) is 9.71 Å². The lowest BCUT2D eigenvalue weighted by Gasteiger charge is -2.08. The van der Waals surface area contributed by atoms with Gasteiger partial charge < -0.3 is 10.7 Å². The molecule has 0 amide bonds. The van der Waals surface area contributed by atoms with Gasteiger partial charge in [-0.05, 0) is 32.0 Å². The molecule has 0 saturated carbocycles. The molecule has 6 heteroatoms. The summed E-state index contributed by atoms with van der Waals surface area (Å²) in [7, 11) is -3.48.